The maximum atomic E-state index is 12.6. The van der Waals surface area contributed by atoms with E-state index >= 15 is 0 Å². The second-order valence-electron chi connectivity index (χ2n) is 5.64. The molecule has 0 spiro atoms. The molecule has 1 fully saturated rings. The summed E-state index contributed by atoms with van der Waals surface area (Å²) in [6, 6.07) is 6.20. The molecule has 0 aromatic heterocycles. The standard InChI is InChI=1S/C15H22N2O3S/c1-12(18)13-4-6-15(7-5-13)21(19,20)17(3)14-8-10-16(2)11-9-14/h4-7,14H,8-11H2,1-3H3. The first-order valence-corrected chi connectivity index (χ1v) is 8.54. The number of ketones is 1. The van der Waals surface area contributed by atoms with Crippen LogP contribution in [0.4, 0.5) is 0 Å². The van der Waals surface area contributed by atoms with Gasteiger partial charge in [0.1, 0.15) is 0 Å². The molecule has 1 aliphatic rings. The third-order valence-corrected chi connectivity index (χ3v) is 6.06. The molecule has 0 bridgehead atoms. The summed E-state index contributed by atoms with van der Waals surface area (Å²) in [4.78, 5) is 13.7. The van der Waals surface area contributed by atoms with Crippen LogP contribution in [0.5, 0.6) is 0 Å². The average molecular weight is 310 g/mol. The number of Topliss-reactive ketones (excluding diaryl/α,β-unsaturated/α-hetero) is 1. The number of rotatable bonds is 4. The monoisotopic (exact) mass is 310 g/mol. The summed E-state index contributed by atoms with van der Waals surface area (Å²) in [5, 5.41) is 0. The fourth-order valence-electron chi connectivity index (χ4n) is 2.58. The van der Waals surface area contributed by atoms with E-state index in [1.807, 2.05) is 7.05 Å². The Hall–Kier alpha value is -1.24. The molecular formula is C15H22N2O3S. The fraction of sp³-hybridized carbons (Fsp3) is 0.533. The lowest BCUT2D eigenvalue weighted by Crippen LogP contribution is -2.44. The van der Waals surface area contributed by atoms with Crippen LogP contribution in [0.15, 0.2) is 29.2 Å². The first-order chi connectivity index (χ1) is 9.82. The van der Waals surface area contributed by atoms with E-state index in [2.05, 4.69) is 4.90 Å². The molecule has 1 heterocycles. The molecule has 1 aliphatic heterocycles. The largest absolute Gasteiger partial charge is 0.306 e. The number of hydrogen-bond donors (Lipinski definition) is 0. The van der Waals surface area contributed by atoms with Crippen molar-refractivity contribution in [3.63, 3.8) is 0 Å². The Balaban J connectivity index is 2.18. The highest BCUT2D eigenvalue weighted by Crippen LogP contribution is 2.22. The number of carbonyl (C=O) groups excluding carboxylic acids is 1. The van der Waals surface area contributed by atoms with Crippen LogP contribution in [0, 0.1) is 0 Å². The molecule has 2 rings (SSSR count). The summed E-state index contributed by atoms with van der Waals surface area (Å²) in [7, 11) is 0.195. The van der Waals surface area contributed by atoms with Gasteiger partial charge in [-0.05, 0) is 52.0 Å². The van der Waals surface area contributed by atoms with Crippen molar-refractivity contribution in [2.45, 2.75) is 30.7 Å². The van der Waals surface area contributed by atoms with Crippen molar-refractivity contribution in [2.24, 2.45) is 0 Å². The van der Waals surface area contributed by atoms with Gasteiger partial charge in [0.25, 0.3) is 0 Å². The van der Waals surface area contributed by atoms with E-state index in [-0.39, 0.29) is 16.7 Å². The number of benzene rings is 1. The van der Waals surface area contributed by atoms with Crippen LogP contribution in [0.2, 0.25) is 0 Å². The first-order valence-electron chi connectivity index (χ1n) is 7.10. The molecule has 5 nitrogen and oxygen atoms in total. The van der Waals surface area contributed by atoms with Gasteiger partial charge in [-0.15, -0.1) is 0 Å². The van der Waals surface area contributed by atoms with Crippen molar-refractivity contribution in [2.75, 3.05) is 27.2 Å². The van der Waals surface area contributed by atoms with Crippen molar-refractivity contribution in [1.29, 1.82) is 0 Å². The van der Waals surface area contributed by atoms with E-state index in [1.54, 1.807) is 19.2 Å². The van der Waals surface area contributed by atoms with Gasteiger partial charge in [-0.2, -0.15) is 4.31 Å². The Bertz CT molecular complexity index is 602. The molecule has 1 aromatic rings. The van der Waals surface area contributed by atoms with Crippen LogP contribution in [0.3, 0.4) is 0 Å². The van der Waals surface area contributed by atoms with Crippen LogP contribution in [-0.4, -0.2) is 56.6 Å². The zero-order chi connectivity index (χ0) is 15.6. The van der Waals surface area contributed by atoms with Crippen LogP contribution in [0.1, 0.15) is 30.1 Å². The van der Waals surface area contributed by atoms with Crippen LogP contribution in [0.25, 0.3) is 0 Å². The zero-order valence-corrected chi connectivity index (χ0v) is 13.6. The zero-order valence-electron chi connectivity index (χ0n) is 12.7. The minimum Gasteiger partial charge on any atom is -0.306 e. The summed E-state index contributed by atoms with van der Waals surface area (Å²) >= 11 is 0. The minimum absolute atomic E-state index is 0.0404. The lowest BCUT2D eigenvalue weighted by Gasteiger charge is -2.34. The maximum absolute atomic E-state index is 12.6. The van der Waals surface area contributed by atoms with E-state index in [1.165, 1.54) is 23.4 Å². The summed E-state index contributed by atoms with van der Waals surface area (Å²) in [5.74, 6) is -0.0670. The van der Waals surface area contributed by atoms with Gasteiger partial charge in [-0.1, -0.05) is 12.1 Å². The van der Waals surface area contributed by atoms with Crippen molar-refractivity contribution >= 4 is 15.8 Å². The van der Waals surface area contributed by atoms with Gasteiger partial charge in [0.15, 0.2) is 5.78 Å². The Morgan fingerprint density at radius 3 is 2.19 bits per heavy atom. The Morgan fingerprint density at radius 2 is 1.71 bits per heavy atom. The number of nitrogens with zero attached hydrogens (tertiary/aromatic N) is 2. The predicted octanol–water partition coefficient (Wildman–Crippen LogP) is 1.60. The van der Waals surface area contributed by atoms with Crippen LogP contribution in [-0.2, 0) is 10.0 Å². The van der Waals surface area contributed by atoms with Gasteiger partial charge in [-0.3, -0.25) is 4.79 Å². The lowest BCUT2D eigenvalue weighted by molar-refractivity contribution is 0.101. The number of hydrogen-bond acceptors (Lipinski definition) is 4. The third kappa shape index (κ3) is 3.51. The molecule has 0 aliphatic carbocycles. The summed E-state index contributed by atoms with van der Waals surface area (Å²) < 4.78 is 26.7. The van der Waals surface area contributed by atoms with E-state index in [9.17, 15) is 13.2 Å². The van der Waals surface area contributed by atoms with Gasteiger partial charge >= 0.3 is 0 Å². The number of piperidine rings is 1. The first kappa shape index (κ1) is 16.1. The van der Waals surface area contributed by atoms with Crippen molar-refractivity contribution < 1.29 is 13.2 Å². The number of carbonyl (C=O) groups is 1. The second kappa shape index (κ2) is 6.25. The van der Waals surface area contributed by atoms with Gasteiger partial charge in [0.05, 0.1) is 4.90 Å². The molecule has 21 heavy (non-hydrogen) atoms. The van der Waals surface area contributed by atoms with E-state index in [0.29, 0.717) is 5.56 Å². The van der Waals surface area contributed by atoms with Crippen LogP contribution < -0.4 is 0 Å². The number of sulfonamides is 1. The SMILES string of the molecule is CC(=O)c1ccc(S(=O)(=O)N(C)C2CCN(C)CC2)cc1. The molecule has 116 valence electrons. The lowest BCUT2D eigenvalue weighted by atomic mass is 10.1. The molecule has 6 heteroatoms. The molecule has 0 saturated carbocycles. The third-order valence-electron chi connectivity index (χ3n) is 4.14. The molecule has 0 N–H and O–H groups in total. The van der Waals surface area contributed by atoms with E-state index < -0.39 is 10.0 Å². The van der Waals surface area contributed by atoms with E-state index in [0.717, 1.165) is 25.9 Å². The molecule has 0 radical (unpaired) electrons. The molecule has 0 unspecified atom stereocenters. The van der Waals surface area contributed by atoms with Crippen molar-refractivity contribution in [3.8, 4) is 0 Å². The highest BCUT2D eigenvalue weighted by atomic mass is 32.2. The smallest absolute Gasteiger partial charge is 0.243 e. The predicted molar refractivity (Wildman–Crippen MR) is 81.9 cm³/mol. The fourth-order valence-corrected chi connectivity index (χ4v) is 4.00. The van der Waals surface area contributed by atoms with Gasteiger partial charge in [0.2, 0.25) is 10.0 Å². The quantitative estimate of drug-likeness (QED) is 0.793. The van der Waals surface area contributed by atoms with Gasteiger partial charge in [-0.25, -0.2) is 8.42 Å². The maximum Gasteiger partial charge on any atom is 0.243 e. The normalized spacial score (nSPS) is 18.1. The molecular weight excluding hydrogens is 288 g/mol. The van der Waals surface area contributed by atoms with Crippen molar-refractivity contribution in [1.82, 2.24) is 9.21 Å². The Morgan fingerprint density at radius 1 is 1.19 bits per heavy atom. The molecule has 1 saturated heterocycles. The van der Waals surface area contributed by atoms with Gasteiger partial charge < -0.3 is 4.90 Å². The van der Waals surface area contributed by atoms with Crippen molar-refractivity contribution in [3.05, 3.63) is 29.8 Å². The highest BCUT2D eigenvalue weighted by molar-refractivity contribution is 7.89. The van der Waals surface area contributed by atoms with Gasteiger partial charge in [0, 0.05) is 18.7 Å². The summed E-state index contributed by atoms with van der Waals surface area (Å²) in [5.41, 5.74) is 0.524. The Labute approximate surface area is 126 Å². The Kier molecular flexibility index (Phi) is 4.81. The summed E-state index contributed by atoms with van der Waals surface area (Å²) in [6.07, 6.45) is 1.69. The highest BCUT2D eigenvalue weighted by Gasteiger charge is 2.30. The average Bonchev–Trinajstić information content (AvgIpc) is 2.47. The topological polar surface area (TPSA) is 57.7 Å². The molecule has 0 atom stereocenters. The second-order valence-corrected chi connectivity index (χ2v) is 7.63. The minimum atomic E-state index is -3.50. The molecule has 0 amide bonds. The van der Waals surface area contributed by atoms with E-state index in [4.69, 9.17) is 0 Å². The molecule has 1 aromatic carbocycles. The summed E-state index contributed by atoms with van der Waals surface area (Å²) in [6.45, 7) is 3.29. The number of likely N-dealkylation sites (tertiary alicyclic amines) is 1. The van der Waals surface area contributed by atoms with Crippen LogP contribution >= 0.6 is 0 Å².